The van der Waals surface area contributed by atoms with Crippen molar-refractivity contribution < 1.29 is 23.4 Å². The van der Waals surface area contributed by atoms with Gasteiger partial charge in [-0.05, 0) is 208 Å². The SMILES string of the molecule is c1ccc(-c2ccc(N(c3ccc([Si]4(c5ccccc5)c5ccccc5-c5c4ccc4c5Oc5ccccc5O4)cc3)c3ccc4oc5ccccc5c4c3)cc2)cc1.c1ccc(-c2ccc(N(c3ccccc3)c3ccc([Si]4(c5ccc6c(c5)sc5ccccc56)c5ccccc5-c5c4ccc4c5Oc5ccccc5O4)cc3)cc2)cc1. The van der Waals surface area contributed by atoms with Gasteiger partial charge < -0.3 is 33.2 Å². The normalized spacial score (nSPS) is 14.8. The molecule has 0 saturated heterocycles. The molecule has 2 atom stereocenters. The van der Waals surface area contributed by atoms with Gasteiger partial charge in [0.05, 0.1) is 0 Å². The van der Waals surface area contributed by atoms with E-state index in [0.717, 1.165) is 113 Å². The molecule has 24 rings (SSSR count). The Morgan fingerprint density at radius 3 is 1.13 bits per heavy atom. The number of thiophene rings is 1. The first-order valence-electron chi connectivity index (χ1n) is 40.0. The molecule has 556 valence electrons. The molecule has 2 unspecified atom stereocenters. The lowest BCUT2D eigenvalue weighted by atomic mass is 10.0. The van der Waals surface area contributed by atoms with Crippen molar-refractivity contribution in [3.8, 4) is 90.5 Å². The van der Waals surface area contributed by atoms with Crippen molar-refractivity contribution in [3.05, 3.63) is 425 Å². The van der Waals surface area contributed by atoms with E-state index >= 15 is 0 Å². The van der Waals surface area contributed by atoms with E-state index in [-0.39, 0.29) is 0 Å². The molecular weight excluding hydrogens is 1490 g/mol. The fraction of sp³-hybridized carbons (Fsp3) is 0. The van der Waals surface area contributed by atoms with Crippen LogP contribution in [0.15, 0.2) is 429 Å². The third-order valence-electron chi connectivity index (χ3n) is 24.0. The van der Waals surface area contributed by atoms with Gasteiger partial charge in [-0.1, -0.05) is 291 Å². The largest absolute Gasteiger partial charge is 0.456 e. The van der Waals surface area contributed by atoms with Gasteiger partial charge in [-0.3, -0.25) is 0 Å². The maximum absolute atomic E-state index is 6.83. The van der Waals surface area contributed by atoms with Gasteiger partial charge in [-0.15, -0.1) is 11.3 Å². The molecule has 0 spiro atoms. The summed E-state index contributed by atoms with van der Waals surface area (Å²) < 4.78 is 35.5. The smallest absolute Gasteiger partial charge is 0.181 e. The first-order chi connectivity index (χ1) is 58.5. The molecule has 18 aromatic carbocycles. The van der Waals surface area contributed by atoms with Gasteiger partial charge in [0.15, 0.2) is 62.1 Å². The second-order valence-corrected chi connectivity index (χ2v) is 39.0. The zero-order valence-corrected chi connectivity index (χ0v) is 66.6. The molecule has 0 radical (unpaired) electrons. The third-order valence-corrected chi connectivity index (χ3v) is 34.9. The second kappa shape index (κ2) is 28.0. The topological polar surface area (TPSA) is 56.5 Å². The average molecular weight is 1560 g/mol. The zero-order chi connectivity index (χ0) is 77.8. The second-order valence-electron chi connectivity index (χ2n) is 30.4. The number of fused-ring (bicyclic) bond motifs is 18. The average Bonchev–Trinajstić information content (AvgIpc) is 1.53. The van der Waals surface area contributed by atoms with Crippen LogP contribution < -0.4 is 70.2 Å². The molecule has 10 heteroatoms. The van der Waals surface area contributed by atoms with Crippen LogP contribution >= 0.6 is 11.3 Å². The summed E-state index contributed by atoms with van der Waals surface area (Å²) >= 11 is 1.88. The molecule has 4 aliphatic rings. The van der Waals surface area contributed by atoms with E-state index in [9.17, 15) is 0 Å². The number of rotatable bonds is 12. The number of hydrogen-bond donors (Lipinski definition) is 0. The van der Waals surface area contributed by atoms with Gasteiger partial charge in [0.25, 0.3) is 0 Å². The first kappa shape index (κ1) is 68.8. The molecule has 0 fully saturated rings. The van der Waals surface area contributed by atoms with Crippen LogP contribution in [0, 0.1) is 0 Å². The number of hydrogen-bond acceptors (Lipinski definition) is 8. The zero-order valence-electron chi connectivity index (χ0n) is 63.8. The predicted molar refractivity (Wildman–Crippen MR) is 492 cm³/mol. The van der Waals surface area contributed by atoms with Gasteiger partial charge in [-0.2, -0.15) is 0 Å². The number of nitrogens with zero attached hydrogens (tertiary/aromatic N) is 2. The number of para-hydroxylation sites is 6. The van der Waals surface area contributed by atoms with E-state index < -0.39 is 16.1 Å². The summed E-state index contributed by atoms with van der Waals surface area (Å²) in [6.07, 6.45) is 0. The summed E-state index contributed by atoms with van der Waals surface area (Å²) in [6, 6.07) is 153. The van der Waals surface area contributed by atoms with Crippen LogP contribution in [0.2, 0.25) is 0 Å². The van der Waals surface area contributed by atoms with Crippen molar-refractivity contribution in [2.24, 2.45) is 0 Å². The van der Waals surface area contributed by atoms with Crippen LogP contribution in [0.3, 0.4) is 0 Å². The quantitative estimate of drug-likeness (QED) is 0.113. The number of ether oxygens (including phenoxy) is 4. The highest BCUT2D eigenvalue weighted by molar-refractivity contribution is 7.27. The van der Waals surface area contributed by atoms with E-state index in [2.05, 4.69) is 374 Å². The third kappa shape index (κ3) is 11.1. The van der Waals surface area contributed by atoms with Crippen molar-refractivity contribution >= 4 is 145 Å². The minimum Gasteiger partial charge on any atom is -0.456 e. The highest BCUT2D eigenvalue weighted by atomic mass is 32.1. The first-order valence-corrected chi connectivity index (χ1v) is 44.8. The highest BCUT2D eigenvalue weighted by Gasteiger charge is 2.53. The molecule has 2 aromatic heterocycles. The molecule has 7 nitrogen and oxygen atoms in total. The minimum absolute atomic E-state index is 0.729. The highest BCUT2D eigenvalue weighted by Crippen LogP contribution is 2.54. The van der Waals surface area contributed by atoms with Gasteiger partial charge >= 0.3 is 0 Å². The molecule has 118 heavy (non-hydrogen) atoms. The van der Waals surface area contributed by atoms with Gasteiger partial charge in [0, 0.05) is 76.2 Å². The molecule has 0 saturated carbocycles. The summed E-state index contributed by atoms with van der Waals surface area (Å²) in [4.78, 5) is 4.71. The Morgan fingerprint density at radius 2 is 0.585 bits per heavy atom. The summed E-state index contributed by atoms with van der Waals surface area (Å²) in [5, 5.41) is 15.4. The van der Waals surface area contributed by atoms with Crippen molar-refractivity contribution in [1.29, 1.82) is 0 Å². The Kier molecular flexibility index (Phi) is 16.3. The Hall–Kier alpha value is -14.8. The molecule has 0 bridgehead atoms. The lowest BCUT2D eigenvalue weighted by Crippen LogP contribution is -2.72. The van der Waals surface area contributed by atoms with Crippen LogP contribution in [0.25, 0.3) is 86.6 Å². The lowest BCUT2D eigenvalue weighted by molar-refractivity contribution is 0.361. The fourth-order valence-electron chi connectivity index (χ4n) is 18.8. The predicted octanol–water partition coefficient (Wildman–Crippen LogP) is 24.4. The monoisotopic (exact) mass is 1560 g/mol. The van der Waals surface area contributed by atoms with E-state index in [1.165, 1.54) is 95.0 Å². The number of furan rings is 1. The van der Waals surface area contributed by atoms with E-state index in [1.54, 1.807) is 0 Å². The van der Waals surface area contributed by atoms with Crippen LogP contribution in [0.1, 0.15) is 0 Å². The molecule has 20 aromatic rings. The number of benzene rings is 18. The standard InChI is InChI=1S/C54H35NO3Si.C54H35NO2SSi/c1-3-13-36(14-4-1)37-23-25-38(26-24-37)55(40-29-32-47-45(35-40)43-17-7-9-19-46(43)56-47)39-27-30-42(31-28-39)59(41-15-5-2-6-16-41)51-22-12-8-18-44(51)53-52(59)34-33-50-54(53)58-49-21-11-10-20-48(49)57-50;1-3-13-36(14-4-1)37-23-25-39(26-24-37)55(38-15-5-2-6-16-38)40-27-29-41(30-28-40)59(42-31-32-44-43-17-7-11-21-49(43)58-50(44)35-42)51-22-12-8-18-45(51)53-52(59)34-33-48-54(53)57-47-20-10-9-19-46(47)56-48/h2*1-35H. The van der Waals surface area contributed by atoms with E-state index in [0.29, 0.717) is 0 Å². The van der Waals surface area contributed by atoms with Crippen molar-refractivity contribution in [2.75, 3.05) is 9.80 Å². The van der Waals surface area contributed by atoms with Gasteiger partial charge in [0.1, 0.15) is 11.2 Å². The maximum atomic E-state index is 6.83. The summed E-state index contributed by atoms with van der Waals surface area (Å²) in [5.74, 6) is 5.98. The van der Waals surface area contributed by atoms with Crippen LogP contribution in [0.5, 0.6) is 46.0 Å². The molecule has 0 amide bonds. The van der Waals surface area contributed by atoms with E-state index in [4.69, 9.17) is 23.4 Å². The van der Waals surface area contributed by atoms with E-state index in [1.807, 2.05) is 72.0 Å². The Bertz CT molecular complexity index is 7310. The van der Waals surface area contributed by atoms with Crippen molar-refractivity contribution in [1.82, 2.24) is 0 Å². The lowest BCUT2D eigenvalue weighted by Gasteiger charge is -2.33. The number of anilines is 6. The molecule has 4 aliphatic heterocycles. The molecule has 6 heterocycles. The van der Waals surface area contributed by atoms with Crippen LogP contribution in [-0.2, 0) is 0 Å². The Labute approximate surface area is 688 Å². The van der Waals surface area contributed by atoms with Crippen molar-refractivity contribution in [3.63, 3.8) is 0 Å². The molecular formula is C108H70N2O5SSi2. The van der Waals surface area contributed by atoms with Gasteiger partial charge in [0.2, 0.25) is 0 Å². The summed E-state index contributed by atoms with van der Waals surface area (Å²) in [6.45, 7) is 0. The minimum atomic E-state index is -2.95. The Morgan fingerprint density at radius 1 is 0.212 bits per heavy atom. The van der Waals surface area contributed by atoms with Crippen molar-refractivity contribution in [2.45, 2.75) is 0 Å². The molecule has 0 aliphatic carbocycles. The fourth-order valence-corrected chi connectivity index (χ4v) is 30.4. The summed E-state index contributed by atoms with van der Waals surface area (Å²) in [7, 11) is -5.81. The van der Waals surface area contributed by atoms with Crippen LogP contribution in [-0.4, -0.2) is 16.1 Å². The molecule has 0 N–H and O–H groups in total. The van der Waals surface area contributed by atoms with Gasteiger partial charge in [-0.25, -0.2) is 0 Å². The summed E-state index contributed by atoms with van der Waals surface area (Å²) in [5.41, 5.74) is 17.7. The van der Waals surface area contributed by atoms with Crippen LogP contribution in [0.4, 0.5) is 34.1 Å². The maximum Gasteiger partial charge on any atom is 0.181 e. The Balaban J connectivity index is 0.000000138.